The fraction of sp³-hybridized carbons (Fsp3) is 0.429. The average Bonchev–Trinajstić information content (AvgIpc) is 3.04. The van der Waals surface area contributed by atoms with E-state index in [1.54, 1.807) is 6.07 Å². The Hall–Kier alpha value is -2.15. The molecule has 1 saturated heterocycles. The SMILES string of the molecule is O=C(O)C1COCC1NC(=O)N1CCc2ccc(F)cc21. The third-order valence-corrected chi connectivity index (χ3v) is 3.89. The van der Waals surface area contributed by atoms with Crippen molar-refractivity contribution >= 4 is 17.7 Å². The van der Waals surface area contributed by atoms with Crippen molar-refractivity contribution in [1.82, 2.24) is 5.32 Å². The predicted molar refractivity (Wildman–Crippen MR) is 71.7 cm³/mol. The molecule has 21 heavy (non-hydrogen) atoms. The van der Waals surface area contributed by atoms with Crippen LogP contribution in [0.25, 0.3) is 0 Å². The van der Waals surface area contributed by atoms with Crippen LogP contribution in [0.2, 0.25) is 0 Å². The quantitative estimate of drug-likeness (QED) is 0.853. The minimum absolute atomic E-state index is 0.0888. The molecule has 1 fully saturated rings. The number of carboxylic acids is 1. The highest BCUT2D eigenvalue weighted by Gasteiger charge is 2.36. The number of aliphatic carboxylic acids is 1. The van der Waals surface area contributed by atoms with Crippen molar-refractivity contribution in [3.8, 4) is 0 Å². The Bertz CT molecular complexity index is 592. The molecule has 2 aliphatic heterocycles. The van der Waals surface area contributed by atoms with E-state index in [0.29, 0.717) is 18.7 Å². The van der Waals surface area contributed by atoms with Crippen molar-refractivity contribution in [3.63, 3.8) is 0 Å². The van der Waals surface area contributed by atoms with Crippen molar-refractivity contribution < 1.29 is 23.8 Å². The van der Waals surface area contributed by atoms with Crippen molar-refractivity contribution in [2.75, 3.05) is 24.7 Å². The number of hydrogen-bond acceptors (Lipinski definition) is 3. The number of ether oxygens (including phenoxy) is 1. The maximum Gasteiger partial charge on any atom is 0.322 e. The van der Waals surface area contributed by atoms with Gasteiger partial charge in [-0.25, -0.2) is 9.18 Å². The van der Waals surface area contributed by atoms with Gasteiger partial charge in [-0.05, 0) is 24.1 Å². The molecule has 1 aromatic carbocycles. The molecule has 2 atom stereocenters. The van der Waals surface area contributed by atoms with Crippen LogP contribution in [-0.2, 0) is 16.0 Å². The molecule has 2 heterocycles. The van der Waals surface area contributed by atoms with E-state index >= 15 is 0 Å². The van der Waals surface area contributed by atoms with Crippen LogP contribution in [0.5, 0.6) is 0 Å². The van der Waals surface area contributed by atoms with Crippen LogP contribution in [0, 0.1) is 11.7 Å². The van der Waals surface area contributed by atoms with Gasteiger partial charge >= 0.3 is 12.0 Å². The molecule has 0 spiro atoms. The van der Waals surface area contributed by atoms with E-state index in [1.165, 1.54) is 17.0 Å². The number of urea groups is 1. The molecule has 0 aliphatic carbocycles. The van der Waals surface area contributed by atoms with Gasteiger partial charge in [-0.3, -0.25) is 9.69 Å². The normalized spacial score (nSPS) is 24.0. The summed E-state index contributed by atoms with van der Waals surface area (Å²) in [6.45, 7) is 0.716. The smallest absolute Gasteiger partial charge is 0.322 e. The Balaban J connectivity index is 1.73. The molecule has 112 valence electrons. The van der Waals surface area contributed by atoms with Gasteiger partial charge in [0.2, 0.25) is 0 Å². The molecule has 3 rings (SSSR count). The van der Waals surface area contributed by atoms with E-state index in [2.05, 4.69) is 5.32 Å². The lowest BCUT2D eigenvalue weighted by Gasteiger charge is -2.22. The molecule has 7 heteroatoms. The molecule has 6 nitrogen and oxygen atoms in total. The first-order chi connectivity index (χ1) is 10.1. The summed E-state index contributed by atoms with van der Waals surface area (Å²) < 4.78 is 18.4. The second-order valence-electron chi connectivity index (χ2n) is 5.21. The summed E-state index contributed by atoms with van der Waals surface area (Å²) >= 11 is 0. The van der Waals surface area contributed by atoms with Crippen molar-refractivity contribution in [1.29, 1.82) is 0 Å². The summed E-state index contributed by atoms with van der Waals surface area (Å²) in [5.41, 5.74) is 1.45. The highest BCUT2D eigenvalue weighted by atomic mass is 19.1. The number of halogens is 1. The van der Waals surface area contributed by atoms with Gasteiger partial charge in [0, 0.05) is 6.54 Å². The lowest BCUT2D eigenvalue weighted by Crippen LogP contribution is -2.48. The minimum atomic E-state index is -0.995. The van der Waals surface area contributed by atoms with Gasteiger partial charge in [-0.15, -0.1) is 0 Å². The van der Waals surface area contributed by atoms with Gasteiger partial charge < -0.3 is 15.2 Å². The predicted octanol–water partition coefficient (Wildman–Crippen LogP) is 0.997. The fourth-order valence-electron chi connectivity index (χ4n) is 2.74. The number of rotatable bonds is 2. The third-order valence-electron chi connectivity index (χ3n) is 3.89. The molecule has 2 N–H and O–H groups in total. The maximum atomic E-state index is 13.3. The number of nitrogens with zero attached hydrogens (tertiary/aromatic N) is 1. The van der Waals surface area contributed by atoms with Crippen LogP contribution in [0.3, 0.4) is 0 Å². The Morgan fingerprint density at radius 1 is 1.38 bits per heavy atom. The zero-order valence-electron chi connectivity index (χ0n) is 11.2. The maximum absolute atomic E-state index is 13.3. The second kappa shape index (κ2) is 5.33. The fourth-order valence-corrected chi connectivity index (χ4v) is 2.74. The first-order valence-corrected chi connectivity index (χ1v) is 6.73. The molecule has 2 aliphatic rings. The van der Waals surface area contributed by atoms with Crippen LogP contribution in [0.15, 0.2) is 18.2 Å². The number of nitrogens with one attached hydrogen (secondary N) is 1. The van der Waals surface area contributed by atoms with Gasteiger partial charge in [0.05, 0.1) is 24.9 Å². The van der Waals surface area contributed by atoms with Crippen molar-refractivity contribution in [2.24, 2.45) is 5.92 Å². The zero-order valence-corrected chi connectivity index (χ0v) is 11.2. The molecule has 0 radical (unpaired) electrons. The summed E-state index contributed by atoms with van der Waals surface area (Å²) in [7, 11) is 0. The highest BCUT2D eigenvalue weighted by molar-refractivity contribution is 5.94. The largest absolute Gasteiger partial charge is 0.481 e. The van der Waals surface area contributed by atoms with Crippen molar-refractivity contribution in [3.05, 3.63) is 29.6 Å². The van der Waals surface area contributed by atoms with Crippen LogP contribution in [0.1, 0.15) is 5.56 Å². The molecule has 2 unspecified atom stereocenters. The zero-order chi connectivity index (χ0) is 15.0. The highest BCUT2D eigenvalue weighted by Crippen LogP contribution is 2.29. The van der Waals surface area contributed by atoms with E-state index in [4.69, 9.17) is 9.84 Å². The minimum Gasteiger partial charge on any atom is -0.481 e. The Morgan fingerprint density at radius 3 is 2.95 bits per heavy atom. The summed E-state index contributed by atoms with van der Waals surface area (Å²) in [5.74, 6) is -2.14. The van der Waals surface area contributed by atoms with E-state index in [1.807, 2.05) is 0 Å². The molecular weight excluding hydrogens is 279 g/mol. The average molecular weight is 294 g/mol. The van der Waals surface area contributed by atoms with E-state index in [-0.39, 0.29) is 13.2 Å². The monoisotopic (exact) mass is 294 g/mol. The standard InChI is InChI=1S/C14H15FN2O4/c15-9-2-1-8-3-4-17(12(8)5-9)14(20)16-11-7-21-6-10(11)13(18)19/h1-2,5,10-11H,3-4,6-7H2,(H,16,20)(H,18,19). The van der Waals surface area contributed by atoms with E-state index in [0.717, 1.165) is 5.56 Å². The van der Waals surface area contributed by atoms with Crippen LogP contribution < -0.4 is 10.2 Å². The lowest BCUT2D eigenvalue weighted by molar-refractivity contribution is -0.142. The Kier molecular flexibility index (Phi) is 3.50. The van der Waals surface area contributed by atoms with E-state index < -0.39 is 29.8 Å². The number of anilines is 1. The van der Waals surface area contributed by atoms with Gasteiger partial charge in [0.1, 0.15) is 11.7 Å². The molecule has 0 bridgehead atoms. The third kappa shape index (κ3) is 2.56. The molecular formula is C14H15FN2O4. The number of carbonyl (C=O) groups is 2. The summed E-state index contributed by atoms with van der Waals surface area (Å²) in [4.78, 5) is 24.8. The topological polar surface area (TPSA) is 78.9 Å². The van der Waals surface area contributed by atoms with Gasteiger partial charge in [0.15, 0.2) is 0 Å². The van der Waals surface area contributed by atoms with Gasteiger partial charge in [-0.1, -0.05) is 6.07 Å². The molecule has 1 aromatic rings. The lowest BCUT2D eigenvalue weighted by atomic mass is 10.0. The molecule has 0 saturated carbocycles. The number of carboxylic acid groups (broad SMARTS) is 1. The first-order valence-electron chi connectivity index (χ1n) is 6.73. The Labute approximate surface area is 120 Å². The van der Waals surface area contributed by atoms with Gasteiger partial charge in [-0.2, -0.15) is 0 Å². The second-order valence-corrected chi connectivity index (χ2v) is 5.21. The summed E-state index contributed by atoms with van der Waals surface area (Å²) in [5, 5.41) is 11.7. The van der Waals surface area contributed by atoms with Crippen LogP contribution >= 0.6 is 0 Å². The molecule has 2 amide bonds. The van der Waals surface area contributed by atoms with Crippen LogP contribution in [0.4, 0.5) is 14.9 Å². The number of amides is 2. The van der Waals surface area contributed by atoms with E-state index in [9.17, 15) is 14.0 Å². The number of benzene rings is 1. The Morgan fingerprint density at radius 2 is 2.19 bits per heavy atom. The molecule has 0 aromatic heterocycles. The number of carbonyl (C=O) groups excluding carboxylic acids is 1. The summed E-state index contributed by atoms with van der Waals surface area (Å²) in [6, 6.07) is 3.37. The van der Waals surface area contributed by atoms with Gasteiger partial charge in [0.25, 0.3) is 0 Å². The number of fused-ring (bicyclic) bond motifs is 1. The van der Waals surface area contributed by atoms with Crippen LogP contribution in [-0.4, -0.2) is 42.9 Å². The summed E-state index contributed by atoms with van der Waals surface area (Å²) in [6.07, 6.45) is 0.659. The number of hydrogen-bond donors (Lipinski definition) is 2. The van der Waals surface area contributed by atoms with Crippen molar-refractivity contribution in [2.45, 2.75) is 12.5 Å². The first kappa shape index (κ1) is 13.8.